The SMILES string of the molecule is CC1(C)CC(=CC#N)CC(C)(C)C1. The summed E-state index contributed by atoms with van der Waals surface area (Å²) in [5.74, 6) is 0. The third kappa shape index (κ3) is 2.88. The number of hydrogen-bond acceptors (Lipinski definition) is 1. The molecule has 1 saturated carbocycles. The fraction of sp³-hybridized carbons (Fsp3) is 0.750. The van der Waals surface area contributed by atoms with E-state index in [0.717, 1.165) is 12.8 Å². The molecule has 0 aromatic carbocycles. The molecule has 0 heterocycles. The van der Waals surface area contributed by atoms with Crippen LogP contribution in [-0.2, 0) is 0 Å². The summed E-state index contributed by atoms with van der Waals surface area (Å²) in [6.45, 7) is 9.16. The van der Waals surface area contributed by atoms with Crippen LogP contribution in [0, 0.1) is 22.2 Å². The molecule has 1 aliphatic carbocycles. The second-order valence-electron chi connectivity index (χ2n) is 5.79. The molecule has 0 atom stereocenters. The standard InChI is InChI=1S/C12H19N/c1-11(2)7-10(5-6-13)8-12(3,4)9-11/h5H,7-9H2,1-4H3. The minimum absolute atomic E-state index is 0.366. The van der Waals surface area contributed by atoms with E-state index >= 15 is 0 Å². The second kappa shape index (κ2) is 3.18. The van der Waals surface area contributed by atoms with Crippen LogP contribution in [0.3, 0.4) is 0 Å². The maximum atomic E-state index is 8.63. The highest BCUT2D eigenvalue weighted by molar-refractivity contribution is 5.19. The van der Waals surface area contributed by atoms with Crippen LogP contribution in [0.2, 0.25) is 0 Å². The van der Waals surface area contributed by atoms with E-state index in [0.29, 0.717) is 10.8 Å². The summed E-state index contributed by atoms with van der Waals surface area (Å²) in [5, 5.41) is 8.63. The third-order valence-electron chi connectivity index (χ3n) is 2.64. The van der Waals surface area contributed by atoms with Gasteiger partial charge in [0.1, 0.15) is 0 Å². The van der Waals surface area contributed by atoms with E-state index in [2.05, 4.69) is 33.8 Å². The van der Waals surface area contributed by atoms with Crippen LogP contribution in [0.1, 0.15) is 47.0 Å². The summed E-state index contributed by atoms with van der Waals surface area (Å²) >= 11 is 0. The van der Waals surface area contributed by atoms with Gasteiger partial charge in [0.05, 0.1) is 6.07 Å². The average Bonchev–Trinajstić information content (AvgIpc) is 1.78. The van der Waals surface area contributed by atoms with Gasteiger partial charge in [-0.1, -0.05) is 33.3 Å². The molecule has 1 nitrogen and oxygen atoms in total. The molecule has 0 unspecified atom stereocenters. The van der Waals surface area contributed by atoms with E-state index in [1.807, 2.05) is 0 Å². The third-order valence-corrected chi connectivity index (χ3v) is 2.64. The topological polar surface area (TPSA) is 23.8 Å². The molecule has 0 aromatic heterocycles. The molecule has 72 valence electrons. The quantitative estimate of drug-likeness (QED) is 0.518. The van der Waals surface area contributed by atoms with Crippen molar-refractivity contribution in [3.63, 3.8) is 0 Å². The lowest BCUT2D eigenvalue weighted by molar-refractivity contribution is 0.154. The first kappa shape index (κ1) is 10.3. The lowest BCUT2D eigenvalue weighted by Crippen LogP contribution is -2.29. The molecule has 0 aliphatic heterocycles. The number of nitriles is 1. The number of hydrogen-bond donors (Lipinski definition) is 0. The minimum Gasteiger partial charge on any atom is -0.193 e. The van der Waals surface area contributed by atoms with Crippen molar-refractivity contribution in [3.05, 3.63) is 11.6 Å². The Morgan fingerprint density at radius 2 is 1.62 bits per heavy atom. The van der Waals surface area contributed by atoms with Crippen molar-refractivity contribution in [2.24, 2.45) is 10.8 Å². The zero-order valence-corrected chi connectivity index (χ0v) is 9.15. The Hall–Kier alpha value is -0.770. The highest BCUT2D eigenvalue weighted by Crippen LogP contribution is 2.47. The normalized spacial score (nSPS) is 25.0. The molecule has 0 spiro atoms. The molecule has 0 amide bonds. The average molecular weight is 177 g/mol. The van der Waals surface area contributed by atoms with Crippen molar-refractivity contribution in [2.75, 3.05) is 0 Å². The monoisotopic (exact) mass is 177 g/mol. The van der Waals surface area contributed by atoms with Gasteiger partial charge in [-0.3, -0.25) is 0 Å². The number of rotatable bonds is 0. The van der Waals surface area contributed by atoms with Gasteiger partial charge in [-0.15, -0.1) is 0 Å². The van der Waals surface area contributed by atoms with Gasteiger partial charge in [0.25, 0.3) is 0 Å². The summed E-state index contributed by atoms with van der Waals surface area (Å²) in [6, 6.07) is 2.15. The Morgan fingerprint density at radius 1 is 1.15 bits per heavy atom. The van der Waals surface area contributed by atoms with Gasteiger partial charge in [0.2, 0.25) is 0 Å². The molecule has 1 aliphatic rings. The van der Waals surface area contributed by atoms with Gasteiger partial charge in [-0.2, -0.15) is 5.26 Å². The highest BCUT2D eigenvalue weighted by atomic mass is 14.4. The van der Waals surface area contributed by atoms with Gasteiger partial charge < -0.3 is 0 Å². The lowest BCUT2D eigenvalue weighted by atomic mass is 9.63. The van der Waals surface area contributed by atoms with Crippen molar-refractivity contribution in [1.29, 1.82) is 5.26 Å². The zero-order valence-electron chi connectivity index (χ0n) is 9.15. The largest absolute Gasteiger partial charge is 0.193 e. The van der Waals surface area contributed by atoms with Crippen molar-refractivity contribution in [3.8, 4) is 6.07 Å². The smallest absolute Gasteiger partial charge is 0.0911 e. The maximum absolute atomic E-state index is 8.63. The van der Waals surface area contributed by atoms with E-state index in [-0.39, 0.29) is 0 Å². The van der Waals surface area contributed by atoms with Gasteiger partial charge in [0.15, 0.2) is 0 Å². The molecule has 0 N–H and O–H groups in total. The van der Waals surface area contributed by atoms with Gasteiger partial charge >= 0.3 is 0 Å². The Morgan fingerprint density at radius 3 is 2.00 bits per heavy atom. The fourth-order valence-corrected chi connectivity index (χ4v) is 2.91. The summed E-state index contributed by atoms with van der Waals surface area (Å²) in [5.41, 5.74) is 2.05. The predicted octanol–water partition coefficient (Wildman–Crippen LogP) is 3.67. The molecule has 0 aromatic rings. The fourth-order valence-electron chi connectivity index (χ4n) is 2.91. The zero-order chi connectivity index (χ0) is 10.1. The van der Waals surface area contributed by atoms with E-state index in [9.17, 15) is 0 Å². The molecule has 1 heteroatoms. The Kier molecular flexibility index (Phi) is 2.52. The van der Waals surface area contributed by atoms with E-state index < -0.39 is 0 Å². The molecule has 0 radical (unpaired) electrons. The first-order valence-corrected chi connectivity index (χ1v) is 4.92. The van der Waals surface area contributed by atoms with Crippen molar-refractivity contribution in [1.82, 2.24) is 0 Å². The van der Waals surface area contributed by atoms with Crippen LogP contribution >= 0.6 is 0 Å². The number of allylic oxidation sites excluding steroid dienone is 2. The summed E-state index contributed by atoms with van der Waals surface area (Å²) in [7, 11) is 0. The number of nitrogens with zero attached hydrogens (tertiary/aromatic N) is 1. The Bertz CT molecular complexity index is 245. The van der Waals surface area contributed by atoms with Crippen LogP contribution < -0.4 is 0 Å². The van der Waals surface area contributed by atoms with Gasteiger partial charge in [-0.05, 0) is 30.1 Å². The van der Waals surface area contributed by atoms with Crippen molar-refractivity contribution in [2.45, 2.75) is 47.0 Å². The Labute approximate surface area is 81.5 Å². The van der Waals surface area contributed by atoms with E-state index in [4.69, 9.17) is 5.26 Å². The Balaban J connectivity index is 2.86. The van der Waals surface area contributed by atoms with Gasteiger partial charge in [-0.25, -0.2) is 0 Å². The van der Waals surface area contributed by atoms with E-state index in [1.165, 1.54) is 12.0 Å². The molecule has 0 bridgehead atoms. The van der Waals surface area contributed by atoms with Crippen LogP contribution in [-0.4, -0.2) is 0 Å². The van der Waals surface area contributed by atoms with Crippen molar-refractivity contribution >= 4 is 0 Å². The lowest BCUT2D eigenvalue weighted by Gasteiger charge is -2.41. The molecular formula is C12H19N. The van der Waals surface area contributed by atoms with Crippen LogP contribution in [0.15, 0.2) is 11.6 Å². The molecular weight excluding hydrogens is 158 g/mol. The highest BCUT2D eigenvalue weighted by Gasteiger charge is 2.35. The summed E-state index contributed by atoms with van der Waals surface area (Å²) in [4.78, 5) is 0. The molecule has 13 heavy (non-hydrogen) atoms. The molecule has 1 rings (SSSR count). The summed E-state index contributed by atoms with van der Waals surface area (Å²) < 4.78 is 0. The minimum atomic E-state index is 0.366. The second-order valence-corrected chi connectivity index (χ2v) is 5.79. The van der Waals surface area contributed by atoms with Crippen molar-refractivity contribution < 1.29 is 0 Å². The molecule has 0 saturated heterocycles. The first-order valence-electron chi connectivity index (χ1n) is 4.92. The molecule has 1 fully saturated rings. The van der Waals surface area contributed by atoms with Crippen LogP contribution in [0.5, 0.6) is 0 Å². The van der Waals surface area contributed by atoms with Gasteiger partial charge in [0, 0.05) is 6.08 Å². The maximum Gasteiger partial charge on any atom is 0.0911 e. The van der Waals surface area contributed by atoms with Crippen LogP contribution in [0.25, 0.3) is 0 Å². The first-order chi connectivity index (χ1) is 5.85. The van der Waals surface area contributed by atoms with Crippen LogP contribution in [0.4, 0.5) is 0 Å². The van der Waals surface area contributed by atoms with E-state index in [1.54, 1.807) is 6.08 Å². The summed E-state index contributed by atoms with van der Waals surface area (Å²) in [6.07, 6.45) is 5.17. The predicted molar refractivity (Wildman–Crippen MR) is 55.1 cm³/mol.